The number of anilines is 2. The summed E-state index contributed by atoms with van der Waals surface area (Å²) in [6.45, 7) is 6.32. The molecule has 0 spiro atoms. The maximum absolute atomic E-state index is 5.23. The first-order valence-electron chi connectivity index (χ1n) is 7.15. The summed E-state index contributed by atoms with van der Waals surface area (Å²) < 4.78 is 0. The Morgan fingerprint density at radius 3 is 2.16 bits per heavy atom. The molecule has 0 radical (unpaired) electrons. The van der Waals surface area contributed by atoms with E-state index in [9.17, 15) is 0 Å². The van der Waals surface area contributed by atoms with Gasteiger partial charge in [-0.2, -0.15) is 0 Å². The van der Waals surface area contributed by atoms with Crippen LogP contribution < -0.4 is 16.0 Å². The molecule has 0 bridgehead atoms. The second-order valence-corrected chi connectivity index (χ2v) is 5.00. The van der Waals surface area contributed by atoms with Crippen molar-refractivity contribution in [2.45, 2.75) is 39.5 Å². The van der Waals surface area contributed by atoms with E-state index in [2.05, 4.69) is 41.9 Å². The molecule has 1 aromatic rings. The average Bonchev–Trinajstić information content (AvgIpc) is 2.41. The molecule has 0 atom stereocenters. The molecule has 0 aromatic heterocycles. The van der Waals surface area contributed by atoms with Crippen molar-refractivity contribution in [3.8, 4) is 0 Å². The van der Waals surface area contributed by atoms with E-state index in [0.29, 0.717) is 5.11 Å². The molecule has 19 heavy (non-hydrogen) atoms. The van der Waals surface area contributed by atoms with Crippen molar-refractivity contribution < 1.29 is 0 Å². The van der Waals surface area contributed by atoms with Crippen molar-refractivity contribution in [1.29, 1.82) is 0 Å². The van der Waals surface area contributed by atoms with E-state index in [-0.39, 0.29) is 0 Å². The summed E-state index contributed by atoms with van der Waals surface area (Å²) in [5, 5.41) is 10.5. The first kappa shape index (κ1) is 15.8. The summed E-state index contributed by atoms with van der Waals surface area (Å²) >= 11 is 5.23. The molecule has 1 rings (SSSR count). The highest BCUT2D eigenvalue weighted by atomic mass is 32.1. The number of thiocarbonyl (C=S) groups is 1. The molecule has 0 unspecified atom stereocenters. The molecule has 0 aliphatic heterocycles. The van der Waals surface area contributed by atoms with Gasteiger partial charge in [-0.3, -0.25) is 0 Å². The number of unbranched alkanes of at least 4 members (excludes halogenated alkanes) is 2. The molecule has 0 saturated heterocycles. The summed E-state index contributed by atoms with van der Waals surface area (Å²) in [5.41, 5.74) is 2.18. The fourth-order valence-corrected chi connectivity index (χ4v) is 1.85. The molecular weight excluding hydrogens is 254 g/mol. The molecule has 0 aliphatic carbocycles. The lowest BCUT2D eigenvalue weighted by atomic mass is 10.2. The van der Waals surface area contributed by atoms with Gasteiger partial charge in [0.05, 0.1) is 0 Å². The van der Waals surface area contributed by atoms with Crippen LogP contribution in [0, 0.1) is 0 Å². The van der Waals surface area contributed by atoms with Crippen LogP contribution in [0.4, 0.5) is 11.4 Å². The second kappa shape index (κ2) is 9.62. The SMILES string of the molecule is CCCCNC(=S)Nc1ccc(NCCCC)cc1. The number of benzene rings is 1. The predicted molar refractivity (Wildman–Crippen MR) is 89.0 cm³/mol. The first-order valence-corrected chi connectivity index (χ1v) is 7.56. The number of rotatable bonds is 8. The summed E-state index contributed by atoms with van der Waals surface area (Å²) in [7, 11) is 0. The van der Waals surface area contributed by atoms with Gasteiger partial charge in [0, 0.05) is 24.5 Å². The van der Waals surface area contributed by atoms with E-state index < -0.39 is 0 Å². The molecule has 106 valence electrons. The topological polar surface area (TPSA) is 36.1 Å². The molecule has 0 fully saturated rings. The normalized spacial score (nSPS) is 10.0. The highest BCUT2D eigenvalue weighted by Gasteiger charge is 1.97. The Bertz CT molecular complexity index is 362. The minimum absolute atomic E-state index is 0.695. The predicted octanol–water partition coefficient (Wildman–Crippen LogP) is 3.99. The Hall–Kier alpha value is -1.29. The highest BCUT2D eigenvalue weighted by Crippen LogP contribution is 2.13. The Balaban J connectivity index is 2.32. The second-order valence-electron chi connectivity index (χ2n) is 4.59. The van der Waals surface area contributed by atoms with Gasteiger partial charge in [-0.05, 0) is 49.3 Å². The summed E-state index contributed by atoms with van der Waals surface area (Å²) in [6.07, 6.45) is 4.73. The van der Waals surface area contributed by atoms with Gasteiger partial charge >= 0.3 is 0 Å². The Morgan fingerprint density at radius 2 is 1.53 bits per heavy atom. The zero-order valence-corrected chi connectivity index (χ0v) is 12.8. The molecule has 0 saturated carbocycles. The van der Waals surface area contributed by atoms with Crippen LogP contribution in [0.25, 0.3) is 0 Å². The summed E-state index contributed by atoms with van der Waals surface area (Å²) in [5.74, 6) is 0. The fraction of sp³-hybridized carbons (Fsp3) is 0.533. The molecule has 1 aromatic carbocycles. The van der Waals surface area contributed by atoms with Crippen LogP contribution in [0.1, 0.15) is 39.5 Å². The van der Waals surface area contributed by atoms with Crippen LogP contribution in [0.3, 0.4) is 0 Å². The third-order valence-electron chi connectivity index (χ3n) is 2.82. The maximum Gasteiger partial charge on any atom is 0.170 e. The van der Waals surface area contributed by atoms with Gasteiger partial charge in [0.2, 0.25) is 0 Å². The van der Waals surface area contributed by atoms with Crippen molar-refractivity contribution in [2.24, 2.45) is 0 Å². The van der Waals surface area contributed by atoms with E-state index >= 15 is 0 Å². The smallest absolute Gasteiger partial charge is 0.170 e. The molecule has 0 amide bonds. The lowest BCUT2D eigenvalue weighted by molar-refractivity contribution is 0.758. The highest BCUT2D eigenvalue weighted by molar-refractivity contribution is 7.80. The van der Waals surface area contributed by atoms with Crippen molar-refractivity contribution >= 4 is 28.7 Å². The molecule has 3 nitrogen and oxygen atoms in total. The van der Waals surface area contributed by atoms with Gasteiger partial charge in [0.25, 0.3) is 0 Å². The van der Waals surface area contributed by atoms with E-state index in [1.165, 1.54) is 19.3 Å². The van der Waals surface area contributed by atoms with Gasteiger partial charge in [-0.15, -0.1) is 0 Å². The van der Waals surface area contributed by atoms with Gasteiger partial charge < -0.3 is 16.0 Å². The zero-order valence-electron chi connectivity index (χ0n) is 12.0. The van der Waals surface area contributed by atoms with Gasteiger partial charge in [0.15, 0.2) is 5.11 Å². The number of nitrogens with one attached hydrogen (secondary N) is 3. The third kappa shape index (κ3) is 7.01. The molecular formula is C15H25N3S. The number of hydrogen-bond donors (Lipinski definition) is 3. The van der Waals surface area contributed by atoms with E-state index in [4.69, 9.17) is 12.2 Å². The van der Waals surface area contributed by atoms with Crippen LogP contribution >= 0.6 is 12.2 Å². The number of hydrogen-bond acceptors (Lipinski definition) is 2. The fourth-order valence-electron chi connectivity index (χ4n) is 1.63. The van der Waals surface area contributed by atoms with Crippen molar-refractivity contribution in [3.05, 3.63) is 24.3 Å². The maximum atomic E-state index is 5.23. The van der Waals surface area contributed by atoms with Crippen molar-refractivity contribution in [2.75, 3.05) is 23.7 Å². The minimum atomic E-state index is 0.695. The van der Waals surface area contributed by atoms with Crippen LogP contribution in [-0.2, 0) is 0 Å². The van der Waals surface area contributed by atoms with E-state index in [1.54, 1.807) is 0 Å². The molecule has 0 heterocycles. The monoisotopic (exact) mass is 279 g/mol. The van der Waals surface area contributed by atoms with Crippen molar-refractivity contribution in [1.82, 2.24) is 5.32 Å². The van der Waals surface area contributed by atoms with Crippen LogP contribution in [0.2, 0.25) is 0 Å². The van der Waals surface area contributed by atoms with Gasteiger partial charge in [0.1, 0.15) is 0 Å². The molecule has 4 heteroatoms. The molecule has 0 aliphatic rings. The first-order chi connectivity index (χ1) is 9.26. The van der Waals surface area contributed by atoms with Crippen LogP contribution in [-0.4, -0.2) is 18.2 Å². The van der Waals surface area contributed by atoms with E-state index in [1.807, 2.05) is 12.1 Å². The quantitative estimate of drug-likeness (QED) is 0.497. The third-order valence-corrected chi connectivity index (χ3v) is 3.06. The average molecular weight is 279 g/mol. The van der Waals surface area contributed by atoms with Crippen LogP contribution in [0.5, 0.6) is 0 Å². The lowest BCUT2D eigenvalue weighted by Gasteiger charge is -2.11. The lowest BCUT2D eigenvalue weighted by Crippen LogP contribution is -2.29. The summed E-state index contributed by atoms with van der Waals surface area (Å²) in [4.78, 5) is 0. The zero-order chi connectivity index (χ0) is 13.9. The van der Waals surface area contributed by atoms with Crippen molar-refractivity contribution in [3.63, 3.8) is 0 Å². The minimum Gasteiger partial charge on any atom is -0.385 e. The van der Waals surface area contributed by atoms with Gasteiger partial charge in [-0.25, -0.2) is 0 Å². The van der Waals surface area contributed by atoms with Crippen LogP contribution in [0.15, 0.2) is 24.3 Å². The van der Waals surface area contributed by atoms with Gasteiger partial charge in [-0.1, -0.05) is 26.7 Å². The Kier molecular flexibility index (Phi) is 7.98. The molecule has 3 N–H and O–H groups in total. The standard InChI is InChI=1S/C15H25N3S/c1-3-5-11-16-13-7-9-14(10-8-13)18-15(19)17-12-6-4-2/h7-10,16H,3-6,11-12H2,1-2H3,(H2,17,18,19). The Morgan fingerprint density at radius 1 is 0.947 bits per heavy atom. The Labute approximate surface area is 122 Å². The summed E-state index contributed by atoms with van der Waals surface area (Å²) in [6, 6.07) is 8.24. The largest absolute Gasteiger partial charge is 0.385 e. The van der Waals surface area contributed by atoms with E-state index in [0.717, 1.165) is 30.9 Å².